The third kappa shape index (κ3) is 4.96. The first-order chi connectivity index (χ1) is 11.4. The number of carboxylic acid groups (broad SMARTS) is 1. The number of aliphatic hydroxyl groups is 1. The van der Waals surface area contributed by atoms with Crippen molar-refractivity contribution in [2.24, 2.45) is 0 Å². The summed E-state index contributed by atoms with van der Waals surface area (Å²) in [6.45, 7) is 2.34. The summed E-state index contributed by atoms with van der Waals surface area (Å²) < 4.78 is 11.6. The van der Waals surface area contributed by atoms with Gasteiger partial charge in [0.05, 0.1) is 18.6 Å². The van der Waals surface area contributed by atoms with Crippen LogP contribution in [0.25, 0.3) is 0 Å². The van der Waals surface area contributed by atoms with Gasteiger partial charge >= 0.3 is 5.97 Å². The number of benzene rings is 1. The lowest BCUT2D eigenvalue weighted by molar-refractivity contribution is -0.137. The van der Waals surface area contributed by atoms with E-state index in [9.17, 15) is 9.59 Å². The third-order valence-electron chi connectivity index (χ3n) is 4.06. The number of fused-ring (bicyclic) bond motifs is 1. The van der Waals surface area contributed by atoms with Gasteiger partial charge in [0.2, 0.25) is 0 Å². The molecule has 1 heterocycles. The maximum absolute atomic E-state index is 12.3. The van der Waals surface area contributed by atoms with Crippen molar-refractivity contribution < 1.29 is 29.3 Å². The van der Waals surface area contributed by atoms with Crippen LogP contribution in [0.15, 0.2) is 18.2 Å². The van der Waals surface area contributed by atoms with Gasteiger partial charge in [-0.05, 0) is 44.7 Å². The van der Waals surface area contributed by atoms with Crippen molar-refractivity contribution in [2.45, 2.75) is 51.0 Å². The lowest BCUT2D eigenvalue weighted by Gasteiger charge is -2.35. The minimum Gasteiger partial charge on any atom is -0.493 e. The molecular weight excluding hydrogens is 312 g/mol. The van der Waals surface area contributed by atoms with Crippen LogP contribution >= 0.6 is 0 Å². The highest BCUT2D eigenvalue weighted by molar-refractivity contribution is 6.00. The van der Waals surface area contributed by atoms with Crippen LogP contribution in [-0.4, -0.2) is 40.8 Å². The Kier molecular flexibility index (Phi) is 6.20. The van der Waals surface area contributed by atoms with E-state index in [-0.39, 0.29) is 18.8 Å². The highest BCUT2D eigenvalue weighted by Crippen LogP contribution is 2.38. The Bertz CT molecular complexity index is 597. The first-order valence-corrected chi connectivity index (χ1v) is 8.25. The van der Waals surface area contributed by atoms with E-state index in [1.165, 1.54) is 0 Å². The van der Waals surface area contributed by atoms with Crippen molar-refractivity contribution in [1.29, 1.82) is 0 Å². The molecule has 1 aromatic carbocycles. The molecule has 0 spiro atoms. The molecule has 6 nitrogen and oxygen atoms in total. The van der Waals surface area contributed by atoms with E-state index in [1.807, 2.05) is 6.92 Å². The largest absolute Gasteiger partial charge is 0.493 e. The summed E-state index contributed by atoms with van der Waals surface area (Å²) in [5.74, 6) is 0.261. The number of hydrogen-bond acceptors (Lipinski definition) is 5. The topological polar surface area (TPSA) is 93.1 Å². The lowest BCUT2D eigenvalue weighted by atomic mass is 9.87. The maximum Gasteiger partial charge on any atom is 0.303 e. The maximum atomic E-state index is 12.3. The predicted molar refractivity (Wildman–Crippen MR) is 87.7 cm³/mol. The fourth-order valence-corrected chi connectivity index (χ4v) is 2.81. The normalized spacial score (nSPS) is 19.5. The summed E-state index contributed by atoms with van der Waals surface area (Å²) >= 11 is 0. The Morgan fingerprint density at radius 3 is 2.83 bits per heavy atom. The number of ketones is 1. The van der Waals surface area contributed by atoms with Crippen molar-refractivity contribution in [3.8, 4) is 11.5 Å². The molecule has 1 aliphatic heterocycles. The second kappa shape index (κ2) is 8.15. The van der Waals surface area contributed by atoms with Crippen molar-refractivity contribution in [3.63, 3.8) is 0 Å². The van der Waals surface area contributed by atoms with Gasteiger partial charge in [-0.15, -0.1) is 0 Å². The zero-order chi connectivity index (χ0) is 17.6. The number of hydrogen-bond donors (Lipinski definition) is 2. The van der Waals surface area contributed by atoms with Crippen LogP contribution in [0.2, 0.25) is 0 Å². The van der Waals surface area contributed by atoms with Gasteiger partial charge in [0.1, 0.15) is 17.1 Å². The Morgan fingerprint density at radius 1 is 1.33 bits per heavy atom. The first-order valence-electron chi connectivity index (χ1n) is 8.25. The van der Waals surface area contributed by atoms with E-state index in [4.69, 9.17) is 19.7 Å². The molecule has 0 fully saturated rings. The molecule has 0 radical (unpaired) electrons. The van der Waals surface area contributed by atoms with Crippen LogP contribution < -0.4 is 9.47 Å². The number of rotatable bonds is 9. The molecule has 2 rings (SSSR count). The van der Waals surface area contributed by atoms with Crippen LogP contribution in [0.1, 0.15) is 55.8 Å². The summed E-state index contributed by atoms with van der Waals surface area (Å²) in [4.78, 5) is 22.8. The minimum absolute atomic E-state index is 0.0418. The van der Waals surface area contributed by atoms with Gasteiger partial charge in [0.15, 0.2) is 5.78 Å². The summed E-state index contributed by atoms with van der Waals surface area (Å²) in [5.41, 5.74) is -0.0196. The fraction of sp³-hybridized carbons (Fsp3) is 0.556. The monoisotopic (exact) mass is 336 g/mol. The fourth-order valence-electron chi connectivity index (χ4n) is 2.81. The van der Waals surface area contributed by atoms with Crippen molar-refractivity contribution >= 4 is 11.8 Å². The highest BCUT2D eigenvalue weighted by Gasteiger charge is 2.36. The van der Waals surface area contributed by atoms with Crippen LogP contribution in [0, 0.1) is 0 Å². The summed E-state index contributed by atoms with van der Waals surface area (Å²) in [7, 11) is 0. The van der Waals surface area contributed by atoms with Gasteiger partial charge in [0, 0.05) is 19.1 Å². The molecule has 0 bridgehead atoms. The van der Waals surface area contributed by atoms with Crippen LogP contribution in [0.4, 0.5) is 0 Å². The Labute approximate surface area is 141 Å². The van der Waals surface area contributed by atoms with E-state index in [0.717, 1.165) is 6.42 Å². The number of unbranched alkanes of at least 4 members (excludes halogenated alkanes) is 1. The molecule has 0 amide bonds. The Hall–Kier alpha value is -2.08. The number of ether oxygens (including phenoxy) is 2. The first kappa shape index (κ1) is 18.3. The van der Waals surface area contributed by atoms with Crippen molar-refractivity contribution in [1.82, 2.24) is 0 Å². The SMILES string of the molecule is CC1(CCCCO)CC(=O)c2ccc(OCCCC(=O)O)cc2O1. The number of Topliss-reactive ketones (excluding diaryl/α,β-unsaturated/α-hetero) is 1. The van der Waals surface area contributed by atoms with Gasteiger partial charge in [-0.1, -0.05) is 0 Å². The second-order valence-electron chi connectivity index (χ2n) is 6.34. The zero-order valence-corrected chi connectivity index (χ0v) is 13.9. The summed E-state index contributed by atoms with van der Waals surface area (Å²) in [6.07, 6.45) is 2.98. The van der Waals surface area contributed by atoms with E-state index >= 15 is 0 Å². The van der Waals surface area contributed by atoms with Gasteiger partial charge in [0.25, 0.3) is 0 Å². The Balaban J connectivity index is 2.02. The molecule has 1 aliphatic rings. The second-order valence-corrected chi connectivity index (χ2v) is 6.34. The smallest absolute Gasteiger partial charge is 0.303 e. The van der Waals surface area contributed by atoms with Crippen LogP contribution in [0.5, 0.6) is 11.5 Å². The van der Waals surface area contributed by atoms with E-state index in [2.05, 4.69) is 0 Å². The van der Waals surface area contributed by atoms with E-state index in [0.29, 0.717) is 49.4 Å². The summed E-state index contributed by atoms with van der Waals surface area (Å²) in [5, 5.41) is 17.5. The molecule has 0 aliphatic carbocycles. The molecule has 1 atom stereocenters. The van der Waals surface area contributed by atoms with Gasteiger partial charge in [-0.25, -0.2) is 0 Å². The number of aliphatic hydroxyl groups excluding tert-OH is 1. The van der Waals surface area contributed by atoms with Crippen molar-refractivity contribution in [2.75, 3.05) is 13.2 Å². The highest BCUT2D eigenvalue weighted by atomic mass is 16.5. The lowest BCUT2D eigenvalue weighted by Crippen LogP contribution is -2.39. The summed E-state index contributed by atoms with van der Waals surface area (Å²) in [6, 6.07) is 5.09. The Morgan fingerprint density at radius 2 is 2.12 bits per heavy atom. The molecule has 24 heavy (non-hydrogen) atoms. The molecule has 2 N–H and O–H groups in total. The van der Waals surface area contributed by atoms with Crippen LogP contribution in [0.3, 0.4) is 0 Å². The quantitative estimate of drug-likeness (QED) is 0.674. The molecule has 1 aromatic rings. The molecular formula is C18H24O6. The van der Waals surface area contributed by atoms with E-state index < -0.39 is 11.6 Å². The molecule has 0 saturated heterocycles. The predicted octanol–water partition coefficient (Wildman–Crippen LogP) is 2.82. The molecule has 1 unspecified atom stereocenters. The minimum atomic E-state index is -0.850. The van der Waals surface area contributed by atoms with Gasteiger partial charge in [-0.3, -0.25) is 9.59 Å². The number of carbonyl (C=O) groups is 2. The van der Waals surface area contributed by atoms with E-state index in [1.54, 1.807) is 18.2 Å². The van der Waals surface area contributed by atoms with Crippen LogP contribution in [-0.2, 0) is 4.79 Å². The number of carboxylic acids is 1. The van der Waals surface area contributed by atoms with Gasteiger partial charge in [-0.2, -0.15) is 0 Å². The molecule has 0 aromatic heterocycles. The molecule has 0 saturated carbocycles. The standard InChI is InChI=1S/C18H24O6/c1-18(8-2-3-9-19)12-15(20)14-7-6-13(11-16(14)24-18)23-10-4-5-17(21)22/h6-7,11,19H,2-5,8-10,12H2,1H3,(H,21,22). The average molecular weight is 336 g/mol. The molecule has 6 heteroatoms. The number of aliphatic carboxylic acids is 1. The molecule has 132 valence electrons. The van der Waals surface area contributed by atoms with Gasteiger partial charge < -0.3 is 19.7 Å². The third-order valence-corrected chi connectivity index (χ3v) is 4.06. The zero-order valence-electron chi connectivity index (χ0n) is 13.9. The van der Waals surface area contributed by atoms with Crippen molar-refractivity contribution in [3.05, 3.63) is 23.8 Å². The number of carbonyl (C=O) groups excluding carboxylic acids is 1. The average Bonchev–Trinajstić information content (AvgIpc) is 2.51.